The van der Waals surface area contributed by atoms with E-state index in [1.54, 1.807) is 0 Å². The summed E-state index contributed by atoms with van der Waals surface area (Å²) in [4.78, 5) is 35.4. The SMILES string of the molecule is C/C(=N\C(C(=O)N1CCCC[C@@H]1C)C(=S)c1cnc(N[C@@H](C)C(F)(F)F)cc1C(F)F)C(=O)NCC(C)(C)O. The van der Waals surface area contributed by atoms with Crippen molar-refractivity contribution in [3.8, 4) is 0 Å². The number of aliphatic imine (C=N–C) groups is 1. The van der Waals surface area contributed by atoms with Crippen molar-refractivity contribution in [2.24, 2.45) is 4.99 Å². The highest BCUT2D eigenvalue weighted by molar-refractivity contribution is 7.81. The van der Waals surface area contributed by atoms with Crippen molar-refractivity contribution in [1.82, 2.24) is 15.2 Å². The molecule has 2 amide bonds. The minimum Gasteiger partial charge on any atom is -0.389 e. The Kier molecular flexibility index (Phi) is 10.9. The zero-order valence-electron chi connectivity index (χ0n) is 22.4. The Balaban J connectivity index is 2.50. The van der Waals surface area contributed by atoms with Crippen molar-refractivity contribution in [3.63, 3.8) is 0 Å². The number of amides is 2. The first-order chi connectivity index (χ1) is 17.9. The summed E-state index contributed by atoms with van der Waals surface area (Å²) in [5.41, 5.74) is -2.45. The van der Waals surface area contributed by atoms with Gasteiger partial charge in [0, 0.05) is 36.5 Å². The molecule has 8 nitrogen and oxygen atoms in total. The molecular formula is C25H34F5N5O3S. The number of carbonyl (C=O) groups excluding carboxylic acids is 2. The van der Waals surface area contributed by atoms with Crippen LogP contribution in [0.5, 0.6) is 0 Å². The molecule has 0 bridgehead atoms. The maximum atomic E-state index is 14.1. The third kappa shape index (κ3) is 9.16. The first-order valence-electron chi connectivity index (χ1n) is 12.4. The van der Waals surface area contributed by atoms with Gasteiger partial charge in [-0.25, -0.2) is 13.8 Å². The highest BCUT2D eigenvalue weighted by Crippen LogP contribution is 2.30. The lowest BCUT2D eigenvalue weighted by Crippen LogP contribution is -2.49. The highest BCUT2D eigenvalue weighted by atomic mass is 32.1. The van der Waals surface area contributed by atoms with Crippen LogP contribution < -0.4 is 10.6 Å². The average molecular weight is 580 g/mol. The maximum Gasteiger partial charge on any atom is 0.408 e. The summed E-state index contributed by atoms with van der Waals surface area (Å²) >= 11 is 5.45. The monoisotopic (exact) mass is 579 g/mol. The van der Waals surface area contributed by atoms with Gasteiger partial charge in [-0.2, -0.15) is 13.2 Å². The van der Waals surface area contributed by atoms with Gasteiger partial charge in [-0.1, -0.05) is 12.2 Å². The van der Waals surface area contributed by atoms with Gasteiger partial charge in [-0.15, -0.1) is 0 Å². The summed E-state index contributed by atoms with van der Waals surface area (Å²) in [5, 5.41) is 14.4. The predicted molar refractivity (Wildman–Crippen MR) is 141 cm³/mol. The van der Waals surface area contributed by atoms with Crippen molar-refractivity contribution in [1.29, 1.82) is 0 Å². The number of carbonyl (C=O) groups is 2. The van der Waals surface area contributed by atoms with Crippen LogP contribution in [0.25, 0.3) is 0 Å². The maximum absolute atomic E-state index is 14.1. The van der Waals surface area contributed by atoms with Gasteiger partial charge < -0.3 is 20.6 Å². The van der Waals surface area contributed by atoms with Gasteiger partial charge in [0.1, 0.15) is 11.9 Å². The Labute approximate surface area is 229 Å². The van der Waals surface area contributed by atoms with E-state index in [1.165, 1.54) is 25.7 Å². The number of hydrogen-bond donors (Lipinski definition) is 3. The van der Waals surface area contributed by atoms with Crippen LogP contribution in [-0.2, 0) is 9.59 Å². The minimum atomic E-state index is -4.64. The Morgan fingerprint density at radius 1 is 1.28 bits per heavy atom. The van der Waals surface area contributed by atoms with Crippen molar-refractivity contribution in [2.45, 2.75) is 90.2 Å². The highest BCUT2D eigenvalue weighted by Gasteiger charge is 2.37. The molecule has 14 heteroatoms. The van der Waals surface area contributed by atoms with Crippen LogP contribution >= 0.6 is 12.2 Å². The summed E-state index contributed by atoms with van der Waals surface area (Å²) in [6.07, 6.45) is -4.60. The largest absolute Gasteiger partial charge is 0.408 e. The fourth-order valence-corrected chi connectivity index (χ4v) is 4.20. The van der Waals surface area contributed by atoms with Crippen molar-refractivity contribution < 1.29 is 36.6 Å². The lowest BCUT2D eigenvalue weighted by atomic mass is 9.98. The van der Waals surface area contributed by atoms with E-state index >= 15 is 0 Å². The fraction of sp³-hybridized carbons (Fsp3) is 0.640. The number of aromatic nitrogens is 1. The molecule has 1 fully saturated rings. The number of rotatable bonds is 10. The number of alkyl halides is 5. The number of nitrogens with zero attached hydrogens (tertiary/aromatic N) is 3. The molecular weight excluding hydrogens is 545 g/mol. The van der Waals surface area contributed by atoms with Crippen LogP contribution in [0.3, 0.4) is 0 Å². The quantitative estimate of drug-likeness (QED) is 0.166. The third-order valence-corrected chi connectivity index (χ3v) is 6.64. The standard InChI is InChI=1S/C25H34F5N5O3S/c1-13-8-6-7-9-35(13)23(37)19(33-14(2)22(36)32-12-24(4,5)38)20(39)17-11-31-18(10-16(17)21(26)27)34-15(3)25(28,29)30/h10-11,13,15,19,21,38H,6-9,12H2,1-5H3,(H,31,34)(H,32,36)/b33-14+/t13-,15-,19?/m0/s1. The summed E-state index contributed by atoms with van der Waals surface area (Å²) in [5.74, 6) is -1.73. The van der Waals surface area contributed by atoms with Crippen LogP contribution in [0.1, 0.15) is 71.4 Å². The van der Waals surface area contributed by atoms with Gasteiger partial charge in [-0.05, 0) is 59.9 Å². The minimum absolute atomic E-state index is 0.116. The van der Waals surface area contributed by atoms with Crippen LogP contribution in [-0.4, -0.2) is 80.4 Å². The number of halogens is 5. The molecule has 3 atom stereocenters. The molecule has 1 unspecified atom stereocenters. The van der Waals surface area contributed by atoms with E-state index in [9.17, 15) is 36.6 Å². The summed E-state index contributed by atoms with van der Waals surface area (Å²) in [6, 6.07) is -3.02. The van der Waals surface area contributed by atoms with E-state index in [0.717, 1.165) is 25.6 Å². The number of pyridine rings is 1. The Morgan fingerprint density at radius 2 is 1.92 bits per heavy atom. The zero-order valence-corrected chi connectivity index (χ0v) is 23.2. The molecule has 0 radical (unpaired) electrons. The lowest BCUT2D eigenvalue weighted by Gasteiger charge is -2.35. The first-order valence-corrected chi connectivity index (χ1v) is 12.8. The second kappa shape index (κ2) is 13.1. The fourth-order valence-electron chi connectivity index (χ4n) is 3.87. The molecule has 1 saturated heterocycles. The normalized spacial score (nSPS) is 18.5. The van der Waals surface area contributed by atoms with E-state index < -0.39 is 53.5 Å². The molecule has 0 aliphatic carbocycles. The predicted octanol–water partition coefficient (Wildman–Crippen LogP) is 4.22. The Bertz CT molecular complexity index is 1090. The van der Waals surface area contributed by atoms with E-state index in [1.807, 2.05) is 12.2 Å². The number of likely N-dealkylation sites (tertiary alicyclic amines) is 1. The molecule has 218 valence electrons. The van der Waals surface area contributed by atoms with Crippen LogP contribution in [0.15, 0.2) is 17.3 Å². The van der Waals surface area contributed by atoms with E-state index in [2.05, 4.69) is 15.3 Å². The number of anilines is 1. The van der Waals surface area contributed by atoms with Crippen molar-refractivity contribution >= 4 is 40.4 Å². The van der Waals surface area contributed by atoms with E-state index in [0.29, 0.717) is 19.4 Å². The van der Waals surface area contributed by atoms with E-state index in [4.69, 9.17) is 12.2 Å². The zero-order chi connectivity index (χ0) is 29.7. The van der Waals surface area contributed by atoms with Crippen LogP contribution in [0.4, 0.5) is 27.8 Å². The molecule has 39 heavy (non-hydrogen) atoms. The number of thiocarbonyl (C=S) groups is 1. The second-order valence-electron chi connectivity index (χ2n) is 10.2. The van der Waals surface area contributed by atoms with Crippen LogP contribution in [0, 0.1) is 0 Å². The molecule has 1 aliphatic heterocycles. The second-order valence-corrected chi connectivity index (χ2v) is 10.7. The molecule has 0 aromatic carbocycles. The lowest BCUT2D eigenvalue weighted by molar-refractivity contribution is -0.138. The summed E-state index contributed by atoms with van der Waals surface area (Å²) in [6.45, 7) is 7.19. The van der Waals surface area contributed by atoms with Crippen molar-refractivity contribution in [3.05, 3.63) is 23.4 Å². The molecule has 1 aromatic heterocycles. The third-order valence-electron chi connectivity index (χ3n) is 6.19. The molecule has 0 saturated carbocycles. The van der Waals surface area contributed by atoms with Crippen LogP contribution in [0.2, 0.25) is 0 Å². The molecule has 3 N–H and O–H groups in total. The van der Waals surface area contributed by atoms with E-state index in [-0.39, 0.29) is 28.7 Å². The van der Waals surface area contributed by atoms with Gasteiger partial charge in [0.15, 0.2) is 6.04 Å². The Hall–Kier alpha value is -2.74. The van der Waals surface area contributed by atoms with Gasteiger partial charge in [0.25, 0.3) is 18.2 Å². The molecule has 1 aromatic rings. The topological polar surface area (TPSA) is 107 Å². The molecule has 0 spiro atoms. The van der Waals surface area contributed by atoms with Gasteiger partial charge >= 0.3 is 6.18 Å². The molecule has 1 aliphatic rings. The number of piperidine rings is 1. The summed E-state index contributed by atoms with van der Waals surface area (Å²) in [7, 11) is 0. The van der Waals surface area contributed by atoms with Gasteiger partial charge in [-0.3, -0.25) is 14.6 Å². The first kappa shape index (κ1) is 32.5. The average Bonchev–Trinajstić information content (AvgIpc) is 2.84. The number of nitrogens with one attached hydrogen (secondary N) is 2. The van der Waals surface area contributed by atoms with Crippen molar-refractivity contribution in [2.75, 3.05) is 18.4 Å². The summed E-state index contributed by atoms with van der Waals surface area (Å²) < 4.78 is 67.0. The number of hydrogen-bond acceptors (Lipinski definition) is 7. The molecule has 2 rings (SSSR count). The smallest absolute Gasteiger partial charge is 0.389 e. The number of aliphatic hydroxyl groups is 1. The molecule has 2 heterocycles. The Morgan fingerprint density at radius 3 is 2.46 bits per heavy atom. The van der Waals surface area contributed by atoms with Gasteiger partial charge in [0.05, 0.1) is 16.2 Å². The van der Waals surface area contributed by atoms with Gasteiger partial charge in [0.2, 0.25) is 0 Å².